The number of nitrogens with zero attached hydrogens (tertiary/aromatic N) is 1. The second-order valence-electron chi connectivity index (χ2n) is 5.56. The van der Waals surface area contributed by atoms with Crippen molar-refractivity contribution in [3.63, 3.8) is 0 Å². The maximum atomic E-state index is 14.1. The van der Waals surface area contributed by atoms with Crippen LogP contribution in [0, 0.1) is 15.2 Å². The number of anilines is 2. The van der Waals surface area contributed by atoms with Crippen LogP contribution in [-0.4, -0.2) is 4.14 Å². The average Bonchev–Trinajstić information content (AvgIpc) is 3.05. The van der Waals surface area contributed by atoms with Crippen LogP contribution in [0.3, 0.4) is 0 Å². The zero-order valence-electron chi connectivity index (χ0n) is 13.1. The summed E-state index contributed by atoms with van der Waals surface area (Å²) >= 11 is -0.453. The highest BCUT2D eigenvalue weighted by Gasteiger charge is 2.22. The summed E-state index contributed by atoms with van der Waals surface area (Å²) in [6.07, 6.45) is 0. The van der Waals surface area contributed by atoms with E-state index < -0.39 is 20.7 Å². The van der Waals surface area contributed by atoms with Crippen LogP contribution in [0.25, 0.3) is 0 Å². The Morgan fingerprint density at radius 1 is 0.880 bits per heavy atom. The maximum absolute atomic E-state index is 14.1. The highest BCUT2D eigenvalue weighted by molar-refractivity contribution is 14.2. The van der Waals surface area contributed by atoms with Gasteiger partial charge in [-0.1, -0.05) is 51.1 Å². The van der Waals surface area contributed by atoms with E-state index in [1.54, 1.807) is 12.1 Å². The summed E-state index contributed by atoms with van der Waals surface area (Å²) in [5, 5.41) is 0. The quantitative estimate of drug-likeness (QED) is 0.482. The van der Waals surface area contributed by atoms with Gasteiger partial charge in [-0.2, -0.15) is 0 Å². The summed E-state index contributed by atoms with van der Waals surface area (Å²) in [4.78, 5) is 1.92. The molecule has 0 aliphatic carbocycles. The molecule has 0 spiro atoms. The average molecular weight is 449 g/mol. The lowest BCUT2D eigenvalue weighted by Crippen LogP contribution is -2.11. The van der Waals surface area contributed by atoms with Crippen molar-refractivity contribution >= 4 is 36.2 Å². The van der Waals surface area contributed by atoms with Crippen LogP contribution in [0.15, 0.2) is 66.7 Å². The van der Waals surface area contributed by atoms with Gasteiger partial charge in [-0.05, 0) is 35.9 Å². The van der Waals surface area contributed by atoms with Crippen LogP contribution in [0.4, 0.5) is 20.2 Å². The van der Waals surface area contributed by atoms with Gasteiger partial charge in [-0.15, -0.1) is 0 Å². The SMILES string of the molecule is Fc1ccc(N2C=Ic3c(OCc4ccccc4)cc(F)cc32)cc1. The molecule has 0 N–H and O–H groups in total. The van der Waals surface area contributed by atoms with Crippen molar-refractivity contribution in [2.24, 2.45) is 0 Å². The number of rotatable bonds is 4. The molecule has 0 saturated heterocycles. The van der Waals surface area contributed by atoms with Gasteiger partial charge in [0.05, 0.1) is 9.26 Å². The smallest absolute Gasteiger partial charge is 0.137 e. The van der Waals surface area contributed by atoms with Crippen LogP contribution < -0.4 is 9.64 Å². The first-order valence-electron chi connectivity index (χ1n) is 7.72. The van der Waals surface area contributed by atoms with Gasteiger partial charge in [0.25, 0.3) is 0 Å². The molecular weight excluding hydrogens is 435 g/mol. The third-order valence-electron chi connectivity index (χ3n) is 3.84. The molecule has 0 amide bonds. The van der Waals surface area contributed by atoms with E-state index in [1.165, 1.54) is 24.3 Å². The van der Waals surface area contributed by atoms with E-state index in [0.29, 0.717) is 12.4 Å². The molecule has 0 fully saturated rings. The molecule has 3 aromatic carbocycles. The van der Waals surface area contributed by atoms with E-state index in [9.17, 15) is 8.78 Å². The maximum Gasteiger partial charge on any atom is 0.137 e. The largest absolute Gasteiger partial charge is 0.488 e. The first-order chi connectivity index (χ1) is 12.2. The normalized spacial score (nSPS) is 12.6. The second-order valence-corrected chi connectivity index (χ2v) is 7.82. The third kappa shape index (κ3) is 3.42. The molecule has 0 aromatic heterocycles. The number of fused-ring (bicyclic) bond motifs is 1. The first kappa shape index (κ1) is 16.2. The number of ether oxygens (including phenoxy) is 1. The zero-order valence-corrected chi connectivity index (χ0v) is 15.3. The number of hydrogen-bond donors (Lipinski definition) is 0. The van der Waals surface area contributed by atoms with Crippen molar-refractivity contribution in [3.8, 4) is 5.75 Å². The monoisotopic (exact) mass is 449 g/mol. The minimum atomic E-state index is -0.453. The van der Waals surface area contributed by atoms with E-state index in [1.807, 2.05) is 35.2 Å². The first-order valence-corrected chi connectivity index (χ1v) is 10.0. The third-order valence-corrected chi connectivity index (χ3v) is 6.38. The van der Waals surface area contributed by atoms with Crippen LogP contribution in [-0.2, 0) is 6.61 Å². The van der Waals surface area contributed by atoms with E-state index in [0.717, 1.165) is 20.5 Å². The summed E-state index contributed by atoms with van der Waals surface area (Å²) in [6, 6.07) is 19.0. The lowest BCUT2D eigenvalue weighted by molar-refractivity contribution is 0.302. The summed E-state index contributed by atoms with van der Waals surface area (Å²) in [5.41, 5.74) is 2.64. The summed E-state index contributed by atoms with van der Waals surface area (Å²) in [6.45, 7) is 0.400. The van der Waals surface area contributed by atoms with Crippen LogP contribution >= 0.6 is 20.7 Å². The summed E-state index contributed by atoms with van der Waals surface area (Å²) in [5.74, 6) is -0.0373. The fraction of sp³-hybridized carbons (Fsp3) is 0.0500. The van der Waals surface area contributed by atoms with Crippen molar-refractivity contribution in [1.29, 1.82) is 0 Å². The molecule has 5 heteroatoms. The summed E-state index contributed by atoms with van der Waals surface area (Å²) in [7, 11) is 0. The van der Waals surface area contributed by atoms with Crippen molar-refractivity contribution in [2.45, 2.75) is 6.61 Å². The van der Waals surface area contributed by atoms with Gasteiger partial charge >= 0.3 is 0 Å². The van der Waals surface area contributed by atoms with Crippen LogP contribution in [0.1, 0.15) is 5.56 Å². The lowest BCUT2D eigenvalue weighted by Gasteiger charge is -2.18. The molecule has 2 nitrogen and oxygen atoms in total. The Morgan fingerprint density at radius 2 is 1.64 bits per heavy atom. The molecule has 0 atom stereocenters. The van der Waals surface area contributed by atoms with Gasteiger partial charge in [0.15, 0.2) is 0 Å². The molecule has 0 unspecified atom stereocenters. The second kappa shape index (κ2) is 6.92. The van der Waals surface area contributed by atoms with Gasteiger partial charge < -0.3 is 9.64 Å². The minimum Gasteiger partial charge on any atom is -0.488 e. The van der Waals surface area contributed by atoms with Gasteiger partial charge in [-0.25, -0.2) is 8.78 Å². The number of halogens is 3. The Morgan fingerprint density at radius 3 is 2.40 bits per heavy atom. The molecule has 0 saturated carbocycles. The Hall–Kier alpha value is -2.28. The van der Waals surface area contributed by atoms with E-state index >= 15 is 0 Å². The predicted octanol–water partition coefficient (Wildman–Crippen LogP) is 5.60. The Kier molecular flexibility index (Phi) is 4.48. The standard InChI is InChI=1S/C20H14F2INO/c21-15-6-8-17(9-7-15)24-13-23-20-18(24)10-16(22)11-19(20)25-12-14-4-2-1-3-5-14/h1-11,13H,12H2. The van der Waals surface area contributed by atoms with Gasteiger partial charge in [0.2, 0.25) is 0 Å². The fourth-order valence-electron chi connectivity index (χ4n) is 2.62. The van der Waals surface area contributed by atoms with E-state index in [2.05, 4.69) is 4.14 Å². The summed E-state index contributed by atoms with van der Waals surface area (Å²) < 4.78 is 36.3. The molecule has 126 valence electrons. The molecular formula is C20H14F2INO. The van der Waals surface area contributed by atoms with E-state index in [-0.39, 0.29) is 11.6 Å². The molecule has 4 rings (SSSR count). The van der Waals surface area contributed by atoms with Crippen molar-refractivity contribution in [1.82, 2.24) is 0 Å². The zero-order chi connectivity index (χ0) is 17.2. The molecule has 3 aromatic rings. The molecule has 0 radical (unpaired) electrons. The minimum absolute atomic E-state index is 0.288. The number of benzene rings is 3. The van der Waals surface area contributed by atoms with Crippen LogP contribution in [0.2, 0.25) is 0 Å². The van der Waals surface area contributed by atoms with Crippen molar-refractivity contribution in [2.75, 3.05) is 4.90 Å². The molecule has 1 aliphatic rings. The van der Waals surface area contributed by atoms with Crippen LogP contribution in [0.5, 0.6) is 5.75 Å². The van der Waals surface area contributed by atoms with Crippen molar-refractivity contribution < 1.29 is 13.5 Å². The van der Waals surface area contributed by atoms with E-state index in [4.69, 9.17) is 4.74 Å². The molecule has 1 heterocycles. The van der Waals surface area contributed by atoms with Crippen molar-refractivity contribution in [3.05, 3.63) is 87.5 Å². The Bertz CT molecular complexity index is 926. The lowest BCUT2D eigenvalue weighted by atomic mass is 10.2. The Labute approximate surface area is 154 Å². The fourth-order valence-corrected chi connectivity index (χ4v) is 5.15. The molecule has 1 aliphatic heterocycles. The predicted molar refractivity (Wildman–Crippen MR) is 104 cm³/mol. The molecule has 0 bridgehead atoms. The van der Waals surface area contributed by atoms with Gasteiger partial charge in [0.1, 0.15) is 24.0 Å². The molecule has 25 heavy (non-hydrogen) atoms. The number of hydrogen-bond acceptors (Lipinski definition) is 2. The van der Waals surface area contributed by atoms with Gasteiger partial charge in [0, 0.05) is 15.9 Å². The Balaban J connectivity index is 1.64. The highest BCUT2D eigenvalue weighted by atomic mass is 127. The topological polar surface area (TPSA) is 12.5 Å². The highest BCUT2D eigenvalue weighted by Crippen LogP contribution is 2.42. The van der Waals surface area contributed by atoms with Gasteiger partial charge in [-0.3, -0.25) is 0 Å².